The first-order chi connectivity index (χ1) is 6.15. The number of rotatable bonds is 3. The Balaban J connectivity index is 2.93. The molecule has 0 aliphatic rings. The Morgan fingerprint density at radius 3 is 2.77 bits per heavy atom. The van der Waals surface area contributed by atoms with Crippen LogP contribution in [-0.2, 0) is 7.05 Å². The molecule has 0 spiro atoms. The topological polar surface area (TPSA) is 54.3 Å². The Morgan fingerprint density at radius 2 is 2.23 bits per heavy atom. The van der Waals surface area contributed by atoms with Crippen molar-refractivity contribution in [1.82, 2.24) is 4.57 Å². The van der Waals surface area contributed by atoms with Crippen molar-refractivity contribution in [3.05, 3.63) is 28.2 Å². The van der Waals surface area contributed by atoms with Gasteiger partial charge in [-0.3, -0.25) is 4.79 Å². The number of anilines is 1. The molecule has 0 unspecified atom stereocenters. The third-order valence-electron chi connectivity index (χ3n) is 1.94. The Morgan fingerprint density at radius 1 is 1.54 bits per heavy atom. The van der Waals surface area contributed by atoms with Crippen molar-refractivity contribution in [3.8, 4) is 0 Å². The minimum Gasteiger partial charge on any atom is -0.395 e. The van der Waals surface area contributed by atoms with E-state index in [1.165, 1.54) is 6.07 Å². The molecule has 0 saturated heterocycles. The van der Waals surface area contributed by atoms with Crippen molar-refractivity contribution >= 4 is 5.69 Å². The summed E-state index contributed by atoms with van der Waals surface area (Å²) < 4.78 is 1.57. The number of aryl methyl sites for hydroxylation is 1. The van der Waals surface area contributed by atoms with E-state index >= 15 is 0 Å². The molecule has 1 aromatic rings. The summed E-state index contributed by atoms with van der Waals surface area (Å²) in [6.45, 7) is 2.40. The Bertz CT molecular complexity index is 344. The zero-order valence-electron chi connectivity index (χ0n) is 7.87. The summed E-state index contributed by atoms with van der Waals surface area (Å²) in [5.41, 5.74) is 1.61. The average Bonchev–Trinajstić information content (AvgIpc) is 2.10. The largest absolute Gasteiger partial charge is 0.395 e. The summed E-state index contributed by atoms with van der Waals surface area (Å²) in [5, 5.41) is 11.5. The third kappa shape index (κ3) is 2.32. The minimum absolute atomic E-state index is 0.0413. The van der Waals surface area contributed by atoms with Gasteiger partial charge >= 0.3 is 0 Å². The molecule has 0 aromatic carbocycles. The van der Waals surface area contributed by atoms with E-state index in [1.807, 2.05) is 13.0 Å². The summed E-state index contributed by atoms with van der Waals surface area (Å²) in [7, 11) is 1.73. The minimum atomic E-state index is -0.0413. The molecule has 4 nitrogen and oxygen atoms in total. The van der Waals surface area contributed by atoms with Crippen molar-refractivity contribution in [1.29, 1.82) is 0 Å². The number of hydrogen-bond acceptors (Lipinski definition) is 3. The quantitative estimate of drug-likeness (QED) is 0.697. The van der Waals surface area contributed by atoms with Crippen molar-refractivity contribution in [2.24, 2.45) is 7.05 Å². The number of pyridine rings is 1. The van der Waals surface area contributed by atoms with Crippen molar-refractivity contribution in [2.75, 3.05) is 18.5 Å². The van der Waals surface area contributed by atoms with Gasteiger partial charge in [0.25, 0.3) is 5.56 Å². The second kappa shape index (κ2) is 4.09. The molecule has 72 valence electrons. The molecule has 0 fully saturated rings. The van der Waals surface area contributed by atoms with Gasteiger partial charge in [0.15, 0.2) is 0 Å². The fourth-order valence-electron chi connectivity index (χ4n) is 1.07. The summed E-state index contributed by atoms with van der Waals surface area (Å²) in [6.07, 6.45) is 0. The highest BCUT2D eigenvalue weighted by atomic mass is 16.3. The highest BCUT2D eigenvalue weighted by Crippen LogP contribution is 2.04. The predicted molar refractivity (Wildman–Crippen MR) is 52.0 cm³/mol. The van der Waals surface area contributed by atoms with Crippen LogP contribution >= 0.6 is 0 Å². The summed E-state index contributed by atoms with van der Waals surface area (Å²) in [5.74, 6) is 0. The molecule has 1 heterocycles. The Kier molecular flexibility index (Phi) is 3.08. The molecule has 0 aliphatic heterocycles. The fraction of sp³-hybridized carbons (Fsp3) is 0.444. The number of aliphatic hydroxyl groups is 1. The number of hydrogen-bond donors (Lipinski definition) is 2. The SMILES string of the molecule is Cc1cc(NCCO)cc(=O)n1C. The van der Waals surface area contributed by atoms with Crippen LogP contribution in [0.5, 0.6) is 0 Å². The zero-order valence-corrected chi connectivity index (χ0v) is 7.87. The van der Waals surface area contributed by atoms with Crippen molar-refractivity contribution < 1.29 is 5.11 Å². The van der Waals surface area contributed by atoms with Gasteiger partial charge < -0.3 is 15.0 Å². The molecule has 0 atom stereocenters. The van der Waals surface area contributed by atoms with Crippen LogP contribution < -0.4 is 10.9 Å². The van der Waals surface area contributed by atoms with Crippen LogP contribution in [0.3, 0.4) is 0 Å². The fourth-order valence-corrected chi connectivity index (χ4v) is 1.07. The predicted octanol–water partition coefficient (Wildman–Crippen LogP) is 0.0979. The van der Waals surface area contributed by atoms with Gasteiger partial charge in [-0.2, -0.15) is 0 Å². The van der Waals surface area contributed by atoms with Crippen LogP contribution in [0.25, 0.3) is 0 Å². The molecule has 0 saturated carbocycles. The maximum Gasteiger partial charge on any atom is 0.252 e. The second-order valence-corrected chi connectivity index (χ2v) is 2.93. The molecule has 0 bridgehead atoms. The Hall–Kier alpha value is -1.29. The van der Waals surface area contributed by atoms with Crippen molar-refractivity contribution in [2.45, 2.75) is 6.92 Å². The van der Waals surface area contributed by atoms with Gasteiger partial charge in [0, 0.05) is 31.0 Å². The lowest BCUT2D eigenvalue weighted by molar-refractivity contribution is 0.311. The van der Waals surface area contributed by atoms with Crippen LogP contribution in [0, 0.1) is 6.92 Å². The van der Waals surface area contributed by atoms with Crippen LogP contribution in [0.2, 0.25) is 0 Å². The molecule has 0 aliphatic carbocycles. The monoisotopic (exact) mass is 182 g/mol. The lowest BCUT2D eigenvalue weighted by Gasteiger charge is -2.07. The van der Waals surface area contributed by atoms with Crippen LogP contribution in [0.1, 0.15) is 5.69 Å². The van der Waals surface area contributed by atoms with E-state index in [0.29, 0.717) is 6.54 Å². The average molecular weight is 182 g/mol. The van der Waals surface area contributed by atoms with Gasteiger partial charge in [-0.1, -0.05) is 0 Å². The van der Waals surface area contributed by atoms with Crippen LogP contribution in [0.15, 0.2) is 16.9 Å². The summed E-state index contributed by atoms with van der Waals surface area (Å²) in [4.78, 5) is 11.3. The van der Waals surface area contributed by atoms with E-state index in [2.05, 4.69) is 5.32 Å². The lowest BCUT2D eigenvalue weighted by Crippen LogP contribution is -2.19. The van der Waals surface area contributed by atoms with E-state index in [0.717, 1.165) is 11.4 Å². The summed E-state index contributed by atoms with van der Waals surface area (Å²) >= 11 is 0. The van der Waals surface area contributed by atoms with Crippen LogP contribution in [-0.4, -0.2) is 22.8 Å². The molecule has 1 aromatic heterocycles. The maximum absolute atomic E-state index is 11.3. The van der Waals surface area contributed by atoms with Gasteiger partial charge in [-0.25, -0.2) is 0 Å². The lowest BCUT2D eigenvalue weighted by atomic mass is 10.3. The molecular formula is C9H14N2O2. The smallest absolute Gasteiger partial charge is 0.252 e. The molecule has 13 heavy (non-hydrogen) atoms. The number of nitrogens with one attached hydrogen (secondary N) is 1. The molecule has 4 heteroatoms. The molecular weight excluding hydrogens is 168 g/mol. The second-order valence-electron chi connectivity index (χ2n) is 2.93. The highest BCUT2D eigenvalue weighted by molar-refractivity contribution is 5.43. The molecule has 1 rings (SSSR count). The van der Waals surface area contributed by atoms with Gasteiger partial charge in [-0.15, -0.1) is 0 Å². The zero-order chi connectivity index (χ0) is 9.84. The van der Waals surface area contributed by atoms with E-state index < -0.39 is 0 Å². The van der Waals surface area contributed by atoms with Crippen molar-refractivity contribution in [3.63, 3.8) is 0 Å². The molecule has 2 N–H and O–H groups in total. The van der Waals surface area contributed by atoms with E-state index in [-0.39, 0.29) is 12.2 Å². The first-order valence-electron chi connectivity index (χ1n) is 4.17. The first kappa shape index (κ1) is 9.80. The van der Waals surface area contributed by atoms with Gasteiger partial charge in [0.05, 0.1) is 6.61 Å². The Labute approximate surface area is 76.8 Å². The number of aliphatic hydroxyl groups excluding tert-OH is 1. The van der Waals surface area contributed by atoms with Gasteiger partial charge in [0.1, 0.15) is 0 Å². The molecule has 0 amide bonds. The molecule has 0 radical (unpaired) electrons. The third-order valence-corrected chi connectivity index (χ3v) is 1.94. The van der Waals surface area contributed by atoms with Gasteiger partial charge in [-0.05, 0) is 13.0 Å². The van der Waals surface area contributed by atoms with E-state index in [9.17, 15) is 4.79 Å². The number of aromatic nitrogens is 1. The number of nitrogens with zero attached hydrogens (tertiary/aromatic N) is 1. The normalized spacial score (nSPS) is 10.1. The van der Waals surface area contributed by atoms with E-state index in [4.69, 9.17) is 5.11 Å². The van der Waals surface area contributed by atoms with Crippen LogP contribution in [0.4, 0.5) is 5.69 Å². The van der Waals surface area contributed by atoms with E-state index in [1.54, 1.807) is 11.6 Å². The highest BCUT2D eigenvalue weighted by Gasteiger charge is 1.98. The maximum atomic E-state index is 11.3. The first-order valence-corrected chi connectivity index (χ1v) is 4.17. The summed E-state index contributed by atoms with van der Waals surface area (Å²) in [6, 6.07) is 3.39. The standard InChI is InChI=1S/C9H14N2O2/c1-7-5-8(10-3-4-12)6-9(13)11(7)2/h5-6,10,12H,3-4H2,1-2H3. The van der Waals surface area contributed by atoms with Gasteiger partial charge in [0.2, 0.25) is 0 Å².